The highest BCUT2D eigenvalue weighted by molar-refractivity contribution is 5.99. The first kappa shape index (κ1) is 71.2. The lowest BCUT2D eigenvalue weighted by Crippen LogP contribution is -2.60. The van der Waals surface area contributed by atoms with E-state index >= 15 is 0 Å². The molecule has 81 heavy (non-hydrogen) atoms. The van der Waals surface area contributed by atoms with E-state index < -0.39 is 157 Å². The van der Waals surface area contributed by atoms with E-state index in [1.165, 1.54) is 41.5 Å². The van der Waals surface area contributed by atoms with Gasteiger partial charge < -0.3 is 102 Å². The van der Waals surface area contributed by atoms with E-state index in [9.17, 15) is 72.5 Å². The zero-order valence-corrected chi connectivity index (χ0v) is 46.7. The summed E-state index contributed by atoms with van der Waals surface area (Å²) in [6, 6.07) is -13.3. The van der Waals surface area contributed by atoms with Crippen LogP contribution in [-0.2, 0) is 62.3 Å². The molecular formula is C48H85N17O16. The van der Waals surface area contributed by atoms with Crippen molar-refractivity contribution >= 4 is 82.8 Å². The Morgan fingerprint density at radius 1 is 0.593 bits per heavy atom. The molecule has 0 spiro atoms. The van der Waals surface area contributed by atoms with Crippen molar-refractivity contribution < 1.29 is 77.6 Å². The van der Waals surface area contributed by atoms with Crippen LogP contribution in [0.1, 0.15) is 106 Å². The number of aliphatic hydroxyl groups excluding tert-OH is 2. The van der Waals surface area contributed by atoms with Crippen molar-refractivity contribution in [2.24, 2.45) is 27.9 Å². The molecule has 0 bridgehead atoms. The summed E-state index contributed by atoms with van der Waals surface area (Å²) >= 11 is 0. The standard InChI is InChI=1S/C48H85N17O16/c1-24(58-41(75)30(50)13-7-9-17-49)38(72)57-25(2)39(73)61-32(15-11-19-54-48(51)52)42(76)62-31(14-8-10-18-53-29(6)68)43(77)63-33(23-66)44(78)60-27(4)47(81)65-20-12-16-34(65)45(79)59-26(3)40(74)64-37(28(5)67)46(80)56-21-35(69)55-22-36(70)71/h24-28,30-34,37,66-67H,7-23,49-50H2,1-6H3,(H,53,68)(H,55,69)(H,56,80)(H,57,72)(H,58,75)(H,59,79)(H,60,78)(H,61,73)(H,62,76)(H,63,77)(H,64,74)(H,70,71)(H4,51,52,54)/t24-,25-,26-,27-,28+,30-,31-,32-,33-,34-,37-/m0/s1. The molecule has 0 saturated carbocycles. The van der Waals surface area contributed by atoms with Gasteiger partial charge in [-0.15, -0.1) is 0 Å². The van der Waals surface area contributed by atoms with E-state index in [2.05, 4.69) is 58.2 Å². The minimum Gasteiger partial charge on any atom is -0.480 e. The third-order valence-corrected chi connectivity index (χ3v) is 12.4. The molecule has 0 unspecified atom stereocenters. The fourth-order valence-electron chi connectivity index (χ4n) is 7.74. The lowest BCUT2D eigenvalue weighted by Gasteiger charge is -2.29. The van der Waals surface area contributed by atoms with Crippen LogP contribution in [0.15, 0.2) is 4.99 Å². The number of nitrogens with one attached hydrogen (secondary N) is 11. The molecule has 1 aliphatic rings. The maximum Gasteiger partial charge on any atom is 0.322 e. The Balaban J connectivity index is 3.18. The lowest BCUT2D eigenvalue weighted by molar-refractivity contribution is -0.142. The van der Waals surface area contributed by atoms with Crippen LogP contribution in [0.25, 0.3) is 0 Å². The van der Waals surface area contributed by atoms with E-state index in [1.54, 1.807) is 0 Å². The van der Waals surface area contributed by atoms with Crippen molar-refractivity contribution in [3.8, 4) is 0 Å². The molecule has 1 heterocycles. The second-order valence-corrected chi connectivity index (χ2v) is 19.4. The van der Waals surface area contributed by atoms with E-state index in [-0.39, 0.29) is 63.6 Å². The minimum absolute atomic E-state index is 0.0201. The van der Waals surface area contributed by atoms with Gasteiger partial charge in [-0.25, -0.2) is 0 Å². The second kappa shape index (κ2) is 37.2. The molecule has 1 aliphatic heterocycles. The Morgan fingerprint density at radius 2 is 1.11 bits per heavy atom. The number of carboxylic acid groups (broad SMARTS) is 1. The van der Waals surface area contributed by atoms with E-state index in [0.717, 1.165) is 4.90 Å². The number of aliphatic hydroxyl groups is 2. The SMILES string of the molecule is CC(=O)NCCCC[C@H](NC(=O)[C@H](CCCN=C(N)N)NC(=O)[C@H](C)NC(=O)[C@H](C)NC(=O)[C@@H](N)CCCCN)C(=O)N[C@@H](CO)C(=O)N[C@@H](C)C(=O)N1CCC[C@H]1C(=O)N[C@@H](C)C(=O)N[C@H](C(=O)NCC(=O)NCC(=O)O)[C@@H](C)O. The number of carbonyl (C=O) groups is 13. The number of hydrogen-bond donors (Lipinski definition) is 18. The third kappa shape index (κ3) is 27.3. The molecule has 22 N–H and O–H groups in total. The number of aliphatic carboxylic acids is 1. The van der Waals surface area contributed by atoms with Crippen LogP contribution in [0, 0.1) is 0 Å². The Bertz CT molecular complexity index is 2220. The number of nitrogens with zero attached hydrogens (tertiary/aromatic N) is 2. The Kier molecular flexibility index (Phi) is 32.7. The molecule has 1 saturated heterocycles. The highest BCUT2D eigenvalue weighted by atomic mass is 16.4. The van der Waals surface area contributed by atoms with Gasteiger partial charge in [0, 0.05) is 26.6 Å². The molecule has 458 valence electrons. The Hall–Kier alpha value is -7.78. The number of rotatable bonds is 37. The Morgan fingerprint density at radius 3 is 1.68 bits per heavy atom. The van der Waals surface area contributed by atoms with Crippen LogP contribution in [-0.4, -0.2) is 215 Å². The third-order valence-electron chi connectivity index (χ3n) is 12.4. The highest BCUT2D eigenvalue weighted by Crippen LogP contribution is 2.19. The van der Waals surface area contributed by atoms with Gasteiger partial charge >= 0.3 is 5.97 Å². The average Bonchev–Trinajstić information content (AvgIpc) is 3.91. The summed E-state index contributed by atoms with van der Waals surface area (Å²) in [5, 5.41) is 55.6. The van der Waals surface area contributed by atoms with Crippen LogP contribution in [0.2, 0.25) is 0 Å². The molecule has 1 fully saturated rings. The molecule has 12 amide bonds. The first-order valence-electron chi connectivity index (χ1n) is 26.6. The summed E-state index contributed by atoms with van der Waals surface area (Å²) in [4.78, 5) is 173. The molecule has 33 nitrogen and oxygen atoms in total. The molecule has 33 heteroatoms. The smallest absolute Gasteiger partial charge is 0.322 e. The van der Waals surface area contributed by atoms with Gasteiger partial charge in [-0.2, -0.15) is 0 Å². The minimum atomic E-state index is -1.72. The fourth-order valence-corrected chi connectivity index (χ4v) is 7.74. The molecule has 0 aromatic heterocycles. The summed E-state index contributed by atoms with van der Waals surface area (Å²) in [5.41, 5.74) is 22.3. The number of unbranched alkanes of at least 4 members (excludes halogenated alkanes) is 2. The van der Waals surface area contributed by atoms with E-state index in [1.807, 2.05) is 5.32 Å². The number of amides is 12. The number of nitrogens with two attached hydrogens (primary N) is 4. The van der Waals surface area contributed by atoms with Crippen molar-refractivity contribution in [3.63, 3.8) is 0 Å². The largest absolute Gasteiger partial charge is 0.480 e. The fraction of sp³-hybridized carbons (Fsp3) is 0.708. The van der Waals surface area contributed by atoms with Gasteiger partial charge in [0.15, 0.2) is 5.96 Å². The molecule has 0 radical (unpaired) electrons. The number of likely N-dealkylation sites (tertiary alicyclic amines) is 1. The van der Waals surface area contributed by atoms with Crippen molar-refractivity contribution in [1.82, 2.24) is 63.4 Å². The van der Waals surface area contributed by atoms with E-state index in [0.29, 0.717) is 38.6 Å². The van der Waals surface area contributed by atoms with Crippen LogP contribution in [0.4, 0.5) is 0 Å². The lowest BCUT2D eigenvalue weighted by atomic mass is 10.1. The van der Waals surface area contributed by atoms with Gasteiger partial charge in [-0.3, -0.25) is 67.3 Å². The Labute approximate surface area is 468 Å². The van der Waals surface area contributed by atoms with Crippen LogP contribution in [0.5, 0.6) is 0 Å². The van der Waals surface area contributed by atoms with Crippen molar-refractivity contribution in [2.45, 2.75) is 172 Å². The molecular weight excluding hydrogens is 1070 g/mol. The predicted molar refractivity (Wildman–Crippen MR) is 289 cm³/mol. The van der Waals surface area contributed by atoms with Gasteiger partial charge in [-0.1, -0.05) is 6.42 Å². The van der Waals surface area contributed by atoms with Crippen molar-refractivity contribution in [3.05, 3.63) is 0 Å². The number of aliphatic imine (C=N–C) groups is 1. The van der Waals surface area contributed by atoms with Gasteiger partial charge in [0.1, 0.15) is 60.9 Å². The maximum atomic E-state index is 14.0. The van der Waals surface area contributed by atoms with Crippen LogP contribution in [0.3, 0.4) is 0 Å². The van der Waals surface area contributed by atoms with Crippen LogP contribution >= 0.6 is 0 Å². The van der Waals surface area contributed by atoms with Gasteiger partial charge in [0.05, 0.1) is 25.3 Å². The highest BCUT2D eigenvalue weighted by Gasteiger charge is 2.39. The molecule has 0 aromatic rings. The monoisotopic (exact) mass is 1160 g/mol. The quantitative estimate of drug-likeness (QED) is 0.0156. The molecule has 0 aliphatic carbocycles. The molecule has 11 atom stereocenters. The summed E-state index contributed by atoms with van der Waals surface area (Å²) < 4.78 is 0. The normalized spacial score (nSPS) is 16.5. The van der Waals surface area contributed by atoms with Crippen molar-refractivity contribution in [1.29, 1.82) is 0 Å². The summed E-state index contributed by atoms with van der Waals surface area (Å²) in [5.74, 6) is -11.4. The van der Waals surface area contributed by atoms with E-state index in [4.69, 9.17) is 28.0 Å². The first-order valence-corrected chi connectivity index (χ1v) is 26.6. The first-order chi connectivity index (χ1) is 38.0. The van der Waals surface area contributed by atoms with Crippen LogP contribution < -0.4 is 81.4 Å². The van der Waals surface area contributed by atoms with Gasteiger partial charge in [0.2, 0.25) is 70.9 Å². The predicted octanol–water partition coefficient (Wildman–Crippen LogP) is -8.56. The zero-order chi connectivity index (χ0) is 61.5. The number of carboxylic acids is 1. The van der Waals surface area contributed by atoms with Crippen molar-refractivity contribution in [2.75, 3.05) is 45.9 Å². The van der Waals surface area contributed by atoms with Gasteiger partial charge in [-0.05, 0) is 99.0 Å². The summed E-state index contributed by atoms with van der Waals surface area (Å²) in [7, 11) is 0. The number of carbonyl (C=O) groups excluding carboxylic acids is 12. The summed E-state index contributed by atoms with van der Waals surface area (Å²) in [6.45, 7) is 6.00. The average molecular weight is 1160 g/mol. The number of hydrogen-bond acceptors (Lipinski definition) is 18. The molecule has 1 rings (SSSR count). The molecule has 0 aromatic carbocycles. The topological polar surface area (TPSA) is 535 Å². The van der Waals surface area contributed by atoms with Gasteiger partial charge in [0.25, 0.3) is 0 Å². The zero-order valence-electron chi connectivity index (χ0n) is 46.7. The summed E-state index contributed by atoms with van der Waals surface area (Å²) in [6.07, 6.45) is 1.00. The number of guanidine groups is 1. The maximum absolute atomic E-state index is 14.0. The second-order valence-electron chi connectivity index (χ2n) is 19.4.